The summed E-state index contributed by atoms with van der Waals surface area (Å²) >= 11 is 0. The summed E-state index contributed by atoms with van der Waals surface area (Å²) in [7, 11) is 0. The minimum Gasteiger partial charge on any atom is -0.328 e. The molecule has 0 aliphatic heterocycles. The van der Waals surface area contributed by atoms with Crippen molar-refractivity contribution in [2.45, 2.75) is 44.7 Å². The Kier molecular flexibility index (Phi) is 2.31. The molecule has 4 nitrogen and oxygen atoms in total. The van der Waals surface area contributed by atoms with E-state index in [1.54, 1.807) is 6.33 Å². The Morgan fingerprint density at radius 3 is 3.08 bits per heavy atom. The molecule has 1 aromatic rings. The van der Waals surface area contributed by atoms with Crippen LogP contribution in [0.3, 0.4) is 0 Å². The Morgan fingerprint density at radius 1 is 1.62 bits per heavy atom. The van der Waals surface area contributed by atoms with Crippen molar-refractivity contribution in [3.8, 4) is 0 Å². The van der Waals surface area contributed by atoms with Gasteiger partial charge in [-0.2, -0.15) is 0 Å². The van der Waals surface area contributed by atoms with E-state index in [-0.39, 0.29) is 0 Å². The lowest BCUT2D eigenvalue weighted by molar-refractivity contribution is 0.589. The fraction of sp³-hybridized carbons (Fsp3) is 0.778. The van der Waals surface area contributed by atoms with Crippen LogP contribution in [0.4, 0.5) is 0 Å². The van der Waals surface area contributed by atoms with Crippen LogP contribution in [0, 0.1) is 0 Å². The molecule has 2 atom stereocenters. The third kappa shape index (κ3) is 1.58. The topological polar surface area (TPSA) is 56.7 Å². The van der Waals surface area contributed by atoms with Gasteiger partial charge in [-0.05, 0) is 26.2 Å². The zero-order valence-corrected chi connectivity index (χ0v) is 7.98. The average Bonchev–Trinajstić information content (AvgIpc) is 2.71. The van der Waals surface area contributed by atoms with Crippen molar-refractivity contribution >= 4 is 0 Å². The highest BCUT2D eigenvalue weighted by Crippen LogP contribution is 2.31. The molecule has 2 N–H and O–H groups in total. The van der Waals surface area contributed by atoms with E-state index in [1.807, 2.05) is 0 Å². The number of hydrogen-bond donors (Lipinski definition) is 1. The van der Waals surface area contributed by atoms with E-state index in [9.17, 15) is 0 Å². The lowest BCUT2D eigenvalue weighted by Gasteiger charge is -2.09. The number of nitrogens with zero attached hydrogens (tertiary/aromatic N) is 3. The van der Waals surface area contributed by atoms with Crippen molar-refractivity contribution in [1.29, 1.82) is 0 Å². The minimum absolute atomic E-state index is 0.368. The molecule has 0 spiro atoms. The molecule has 13 heavy (non-hydrogen) atoms. The van der Waals surface area contributed by atoms with Crippen molar-refractivity contribution in [3.63, 3.8) is 0 Å². The van der Waals surface area contributed by atoms with Crippen molar-refractivity contribution in [2.24, 2.45) is 5.73 Å². The molecule has 1 heterocycles. The Bertz CT molecular complexity index is 281. The van der Waals surface area contributed by atoms with Gasteiger partial charge < -0.3 is 10.3 Å². The van der Waals surface area contributed by atoms with E-state index in [0.717, 1.165) is 25.2 Å². The largest absolute Gasteiger partial charge is 0.328 e. The standard InChI is InChI=1S/C9H16N4/c1-2-13-6-11-12-9(13)7-3-4-8(10)5-7/h6-8H,2-5,10H2,1H3. The molecule has 1 aliphatic rings. The van der Waals surface area contributed by atoms with Gasteiger partial charge in [-0.25, -0.2) is 0 Å². The molecular formula is C9H16N4. The van der Waals surface area contributed by atoms with Crippen LogP contribution >= 0.6 is 0 Å². The zero-order valence-electron chi connectivity index (χ0n) is 7.98. The second-order valence-corrected chi connectivity index (χ2v) is 3.75. The first-order valence-corrected chi connectivity index (χ1v) is 4.94. The SMILES string of the molecule is CCn1cnnc1C1CCC(N)C1. The monoisotopic (exact) mass is 180 g/mol. The second-order valence-electron chi connectivity index (χ2n) is 3.75. The van der Waals surface area contributed by atoms with Crippen LogP contribution in [0.25, 0.3) is 0 Å². The van der Waals surface area contributed by atoms with Crippen LogP contribution in [0.2, 0.25) is 0 Å². The van der Waals surface area contributed by atoms with E-state index in [0.29, 0.717) is 12.0 Å². The van der Waals surface area contributed by atoms with Gasteiger partial charge in [-0.1, -0.05) is 0 Å². The van der Waals surface area contributed by atoms with Crippen LogP contribution in [0.5, 0.6) is 0 Å². The lowest BCUT2D eigenvalue weighted by atomic mass is 10.1. The summed E-state index contributed by atoms with van der Waals surface area (Å²) in [6.07, 6.45) is 5.17. The van der Waals surface area contributed by atoms with Gasteiger partial charge in [0.05, 0.1) is 0 Å². The number of hydrogen-bond acceptors (Lipinski definition) is 3. The predicted octanol–water partition coefficient (Wildman–Crippen LogP) is 0.893. The molecule has 0 bridgehead atoms. The first kappa shape index (κ1) is 8.69. The highest BCUT2D eigenvalue weighted by atomic mass is 15.3. The predicted molar refractivity (Wildman–Crippen MR) is 50.3 cm³/mol. The zero-order chi connectivity index (χ0) is 9.26. The molecule has 1 aliphatic carbocycles. The normalized spacial score (nSPS) is 28.2. The maximum absolute atomic E-state index is 5.87. The summed E-state index contributed by atoms with van der Waals surface area (Å²) in [5.74, 6) is 1.66. The van der Waals surface area contributed by atoms with E-state index < -0.39 is 0 Å². The molecule has 0 saturated heterocycles. The Labute approximate surface area is 78.1 Å². The molecule has 0 aromatic carbocycles. The van der Waals surface area contributed by atoms with Crippen LogP contribution in [0.1, 0.15) is 37.9 Å². The van der Waals surface area contributed by atoms with Crippen LogP contribution < -0.4 is 5.73 Å². The van der Waals surface area contributed by atoms with Gasteiger partial charge in [-0.15, -0.1) is 10.2 Å². The summed E-state index contributed by atoms with van der Waals surface area (Å²) in [5.41, 5.74) is 5.87. The number of nitrogens with two attached hydrogens (primary N) is 1. The Hall–Kier alpha value is -0.900. The van der Waals surface area contributed by atoms with Gasteiger partial charge in [0.2, 0.25) is 0 Å². The average molecular weight is 180 g/mol. The fourth-order valence-electron chi connectivity index (χ4n) is 2.07. The van der Waals surface area contributed by atoms with Gasteiger partial charge >= 0.3 is 0 Å². The van der Waals surface area contributed by atoms with Gasteiger partial charge in [0.1, 0.15) is 12.2 Å². The van der Waals surface area contributed by atoms with E-state index in [1.165, 1.54) is 6.42 Å². The molecule has 1 aromatic heterocycles. The quantitative estimate of drug-likeness (QED) is 0.735. The molecular weight excluding hydrogens is 164 g/mol. The summed E-state index contributed by atoms with van der Waals surface area (Å²) in [6, 6.07) is 0.368. The first-order chi connectivity index (χ1) is 6.31. The highest BCUT2D eigenvalue weighted by Gasteiger charge is 2.26. The number of aromatic nitrogens is 3. The summed E-state index contributed by atoms with van der Waals surface area (Å²) in [4.78, 5) is 0. The molecule has 0 amide bonds. The Balaban J connectivity index is 2.16. The molecule has 1 saturated carbocycles. The van der Waals surface area contributed by atoms with Gasteiger partial charge in [-0.3, -0.25) is 0 Å². The highest BCUT2D eigenvalue weighted by molar-refractivity contribution is 5.01. The minimum atomic E-state index is 0.368. The molecule has 1 fully saturated rings. The van der Waals surface area contributed by atoms with Crippen molar-refractivity contribution in [2.75, 3.05) is 0 Å². The number of rotatable bonds is 2. The maximum atomic E-state index is 5.87. The second kappa shape index (κ2) is 3.46. The number of aryl methyl sites for hydroxylation is 1. The van der Waals surface area contributed by atoms with Crippen LogP contribution in [-0.2, 0) is 6.54 Å². The lowest BCUT2D eigenvalue weighted by Crippen LogP contribution is -2.15. The summed E-state index contributed by atoms with van der Waals surface area (Å²) in [5, 5.41) is 8.10. The van der Waals surface area contributed by atoms with Crippen LogP contribution in [-0.4, -0.2) is 20.8 Å². The van der Waals surface area contributed by atoms with Gasteiger partial charge in [0, 0.05) is 18.5 Å². The third-order valence-corrected chi connectivity index (χ3v) is 2.82. The van der Waals surface area contributed by atoms with E-state index in [4.69, 9.17) is 5.73 Å². The Morgan fingerprint density at radius 2 is 2.46 bits per heavy atom. The molecule has 2 unspecified atom stereocenters. The third-order valence-electron chi connectivity index (χ3n) is 2.82. The van der Waals surface area contributed by atoms with Crippen molar-refractivity contribution in [1.82, 2.24) is 14.8 Å². The van der Waals surface area contributed by atoms with Crippen LogP contribution in [0.15, 0.2) is 6.33 Å². The summed E-state index contributed by atoms with van der Waals surface area (Å²) in [6.45, 7) is 3.07. The van der Waals surface area contributed by atoms with Crippen molar-refractivity contribution < 1.29 is 0 Å². The summed E-state index contributed by atoms with van der Waals surface area (Å²) < 4.78 is 2.11. The van der Waals surface area contributed by atoms with E-state index in [2.05, 4.69) is 21.7 Å². The molecule has 0 radical (unpaired) electrons. The fourth-order valence-corrected chi connectivity index (χ4v) is 2.07. The van der Waals surface area contributed by atoms with Gasteiger partial charge in [0.25, 0.3) is 0 Å². The maximum Gasteiger partial charge on any atom is 0.135 e. The van der Waals surface area contributed by atoms with Crippen molar-refractivity contribution in [3.05, 3.63) is 12.2 Å². The molecule has 2 rings (SSSR count). The van der Waals surface area contributed by atoms with E-state index >= 15 is 0 Å². The van der Waals surface area contributed by atoms with Gasteiger partial charge in [0.15, 0.2) is 0 Å². The smallest absolute Gasteiger partial charge is 0.135 e. The molecule has 72 valence electrons. The first-order valence-electron chi connectivity index (χ1n) is 4.94. The molecule has 4 heteroatoms.